The summed E-state index contributed by atoms with van der Waals surface area (Å²) >= 11 is 0. The molecule has 0 rings (SSSR count). The monoisotopic (exact) mass is 142 g/mol. The fraction of sp³-hybridized carbons (Fsp3) is 0.625. The van der Waals surface area contributed by atoms with Crippen LogP contribution in [0.25, 0.3) is 0 Å². The maximum absolute atomic E-state index is 10.8. The second-order valence-electron chi connectivity index (χ2n) is 2.72. The first-order valence-corrected chi connectivity index (χ1v) is 3.35. The van der Waals surface area contributed by atoms with Crippen LogP contribution in [0.2, 0.25) is 0 Å². The van der Waals surface area contributed by atoms with Crippen molar-refractivity contribution in [2.75, 3.05) is 6.61 Å². The van der Waals surface area contributed by atoms with Crippen molar-refractivity contribution in [2.24, 2.45) is 5.92 Å². The molecular weight excluding hydrogens is 128 g/mol. The topological polar surface area (TPSA) is 26.3 Å². The van der Waals surface area contributed by atoms with Gasteiger partial charge in [0.1, 0.15) is 6.61 Å². The molecule has 10 heavy (non-hydrogen) atoms. The Labute approximate surface area is 61.9 Å². The molecule has 2 nitrogen and oxygen atoms in total. The standard InChI is InChI=1S/C8H14O2/c1-6(2)5-10-8(9)7(3)4/h7H,1,5H2,2-4H3. The van der Waals surface area contributed by atoms with Gasteiger partial charge < -0.3 is 4.74 Å². The van der Waals surface area contributed by atoms with Gasteiger partial charge in [0.15, 0.2) is 0 Å². The maximum atomic E-state index is 10.8. The molecule has 0 aromatic rings. The minimum Gasteiger partial charge on any atom is -0.461 e. The van der Waals surface area contributed by atoms with Crippen molar-refractivity contribution in [2.45, 2.75) is 20.8 Å². The van der Waals surface area contributed by atoms with Gasteiger partial charge in [0, 0.05) is 0 Å². The molecule has 0 aromatic heterocycles. The van der Waals surface area contributed by atoms with Crippen molar-refractivity contribution in [3.05, 3.63) is 12.2 Å². The molecule has 2 heteroatoms. The van der Waals surface area contributed by atoms with Gasteiger partial charge in [0.25, 0.3) is 0 Å². The molecule has 0 aliphatic rings. The Morgan fingerprint density at radius 3 is 2.40 bits per heavy atom. The average Bonchev–Trinajstić information content (AvgIpc) is 1.82. The number of hydrogen-bond donors (Lipinski definition) is 0. The molecule has 0 atom stereocenters. The van der Waals surface area contributed by atoms with E-state index in [1.54, 1.807) is 13.8 Å². The largest absolute Gasteiger partial charge is 0.461 e. The zero-order chi connectivity index (χ0) is 8.15. The molecule has 0 saturated heterocycles. The van der Waals surface area contributed by atoms with Gasteiger partial charge in [-0.15, -0.1) is 0 Å². The van der Waals surface area contributed by atoms with Crippen molar-refractivity contribution in [1.82, 2.24) is 0 Å². The van der Waals surface area contributed by atoms with Gasteiger partial charge in [-0.1, -0.05) is 20.4 Å². The van der Waals surface area contributed by atoms with Crippen LogP contribution in [0, 0.1) is 5.92 Å². The quantitative estimate of drug-likeness (QED) is 0.443. The lowest BCUT2D eigenvalue weighted by Gasteiger charge is -2.05. The first-order chi connectivity index (χ1) is 4.54. The van der Waals surface area contributed by atoms with Gasteiger partial charge in [-0.05, 0) is 12.5 Å². The second kappa shape index (κ2) is 4.09. The first-order valence-electron chi connectivity index (χ1n) is 3.35. The molecule has 0 aliphatic heterocycles. The van der Waals surface area contributed by atoms with Crippen LogP contribution in [0.5, 0.6) is 0 Å². The fourth-order valence-corrected chi connectivity index (χ4v) is 0.361. The average molecular weight is 142 g/mol. The summed E-state index contributed by atoms with van der Waals surface area (Å²) in [5, 5.41) is 0. The summed E-state index contributed by atoms with van der Waals surface area (Å²) in [6.07, 6.45) is 0. The Morgan fingerprint density at radius 1 is 1.60 bits per heavy atom. The van der Waals surface area contributed by atoms with Gasteiger partial charge in [0.05, 0.1) is 5.92 Å². The van der Waals surface area contributed by atoms with Crippen molar-refractivity contribution in [1.29, 1.82) is 0 Å². The van der Waals surface area contributed by atoms with Gasteiger partial charge in [-0.2, -0.15) is 0 Å². The number of esters is 1. The number of hydrogen-bond acceptors (Lipinski definition) is 2. The molecule has 0 heterocycles. The molecule has 0 saturated carbocycles. The van der Waals surface area contributed by atoms with E-state index in [2.05, 4.69) is 6.58 Å². The van der Waals surface area contributed by atoms with E-state index in [0.717, 1.165) is 5.57 Å². The minimum atomic E-state index is -0.164. The van der Waals surface area contributed by atoms with Crippen LogP contribution < -0.4 is 0 Å². The third kappa shape index (κ3) is 4.13. The predicted molar refractivity (Wildman–Crippen MR) is 40.6 cm³/mol. The van der Waals surface area contributed by atoms with Crippen LogP contribution in [-0.4, -0.2) is 12.6 Å². The number of carbonyl (C=O) groups is 1. The van der Waals surface area contributed by atoms with Crippen molar-refractivity contribution in [3.8, 4) is 0 Å². The van der Waals surface area contributed by atoms with Gasteiger partial charge in [0.2, 0.25) is 0 Å². The van der Waals surface area contributed by atoms with E-state index < -0.39 is 0 Å². The normalized spacial score (nSPS) is 9.60. The lowest BCUT2D eigenvalue weighted by molar-refractivity contribution is -0.146. The van der Waals surface area contributed by atoms with E-state index in [-0.39, 0.29) is 11.9 Å². The van der Waals surface area contributed by atoms with E-state index in [1.165, 1.54) is 0 Å². The van der Waals surface area contributed by atoms with E-state index in [1.807, 2.05) is 6.92 Å². The highest BCUT2D eigenvalue weighted by Gasteiger charge is 2.06. The summed E-state index contributed by atoms with van der Waals surface area (Å²) in [6.45, 7) is 9.39. The molecule has 0 spiro atoms. The Hall–Kier alpha value is -0.790. The lowest BCUT2D eigenvalue weighted by atomic mass is 10.2. The summed E-state index contributed by atoms with van der Waals surface area (Å²) in [4.78, 5) is 10.8. The molecular formula is C8H14O2. The zero-order valence-corrected chi connectivity index (χ0v) is 6.81. The molecule has 0 bridgehead atoms. The van der Waals surface area contributed by atoms with Crippen LogP contribution in [0.1, 0.15) is 20.8 Å². The third-order valence-electron chi connectivity index (χ3n) is 0.932. The van der Waals surface area contributed by atoms with Gasteiger partial charge in [-0.3, -0.25) is 4.79 Å². The molecule has 0 radical (unpaired) electrons. The van der Waals surface area contributed by atoms with Gasteiger partial charge >= 0.3 is 5.97 Å². The summed E-state index contributed by atoms with van der Waals surface area (Å²) in [5.74, 6) is -0.206. The van der Waals surface area contributed by atoms with Crippen LogP contribution >= 0.6 is 0 Å². The SMILES string of the molecule is C=C(C)COC(=O)C(C)C. The lowest BCUT2D eigenvalue weighted by Crippen LogP contribution is -2.12. The smallest absolute Gasteiger partial charge is 0.308 e. The highest BCUT2D eigenvalue weighted by molar-refractivity contribution is 5.71. The Kier molecular flexibility index (Phi) is 3.77. The highest BCUT2D eigenvalue weighted by atomic mass is 16.5. The Balaban J connectivity index is 3.50. The number of ether oxygens (including phenoxy) is 1. The first kappa shape index (κ1) is 9.21. The van der Waals surface area contributed by atoms with Gasteiger partial charge in [-0.25, -0.2) is 0 Å². The molecule has 58 valence electrons. The molecule has 0 N–H and O–H groups in total. The molecule has 0 unspecified atom stereocenters. The van der Waals surface area contributed by atoms with Crippen LogP contribution in [0.4, 0.5) is 0 Å². The number of rotatable bonds is 3. The van der Waals surface area contributed by atoms with Crippen LogP contribution in [0.3, 0.4) is 0 Å². The second-order valence-corrected chi connectivity index (χ2v) is 2.72. The summed E-state index contributed by atoms with van der Waals surface area (Å²) in [6, 6.07) is 0. The Bertz CT molecular complexity index is 136. The van der Waals surface area contributed by atoms with E-state index >= 15 is 0 Å². The van der Waals surface area contributed by atoms with E-state index in [9.17, 15) is 4.79 Å². The fourth-order valence-electron chi connectivity index (χ4n) is 0.361. The van der Waals surface area contributed by atoms with Crippen LogP contribution in [-0.2, 0) is 9.53 Å². The zero-order valence-electron chi connectivity index (χ0n) is 6.81. The minimum absolute atomic E-state index is 0.0423. The maximum Gasteiger partial charge on any atom is 0.308 e. The van der Waals surface area contributed by atoms with Crippen molar-refractivity contribution in [3.63, 3.8) is 0 Å². The highest BCUT2D eigenvalue weighted by Crippen LogP contribution is 1.97. The van der Waals surface area contributed by atoms with Crippen LogP contribution in [0.15, 0.2) is 12.2 Å². The molecule has 0 aromatic carbocycles. The van der Waals surface area contributed by atoms with Crippen molar-refractivity contribution < 1.29 is 9.53 Å². The molecule has 0 fully saturated rings. The molecule has 0 amide bonds. The number of carbonyl (C=O) groups excluding carboxylic acids is 1. The molecule has 0 aliphatic carbocycles. The summed E-state index contributed by atoms with van der Waals surface area (Å²) < 4.78 is 4.83. The van der Waals surface area contributed by atoms with E-state index in [4.69, 9.17) is 4.74 Å². The Morgan fingerprint density at radius 2 is 2.10 bits per heavy atom. The van der Waals surface area contributed by atoms with E-state index in [0.29, 0.717) is 6.61 Å². The van der Waals surface area contributed by atoms with Crippen molar-refractivity contribution >= 4 is 5.97 Å². The summed E-state index contributed by atoms with van der Waals surface area (Å²) in [5.41, 5.74) is 0.869. The summed E-state index contributed by atoms with van der Waals surface area (Å²) in [7, 11) is 0. The third-order valence-corrected chi connectivity index (χ3v) is 0.932. The predicted octanol–water partition coefficient (Wildman–Crippen LogP) is 1.76.